The Labute approximate surface area is 148 Å². The van der Waals surface area contributed by atoms with E-state index in [1.165, 1.54) is 0 Å². The Hall–Kier alpha value is -2.94. The van der Waals surface area contributed by atoms with Crippen LogP contribution in [0.15, 0.2) is 72.9 Å². The lowest BCUT2D eigenvalue weighted by molar-refractivity contribution is 0.102. The monoisotopic (exact) mass is 330 g/mol. The predicted octanol–water partition coefficient (Wildman–Crippen LogP) is 5.30. The topological polar surface area (TPSA) is 42.0 Å². The van der Waals surface area contributed by atoms with Gasteiger partial charge in [-0.3, -0.25) is 9.78 Å². The summed E-state index contributed by atoms with van der Waals surface area (Å²) in [5.41, 5.74) is 4.49. The molecule has 2 aromatic carbocycles. The van der Waals surface area contributed by atoms with Crippen LogP contribution in [0.2, 0.25) is 0 Å². The van der Waals surface area contributed by atoms with Crippen molar-refractivity contribution in [2.45, 2.75) is 26.2 Å². The molecule has 0 saturated heterocycles. The van der Waals surface area contributed by atoms with E-state index in [0.29, 0.717) is 5.56 Å². The number of hydrogen-bond donors (Lipinski definition) is 1. The van der Waals surface area contributed by atoms with Crippen LogP contribution in [0, 0.1) is 0 Å². The first-order chi connectivity index (χ1) is 11.9. The van der Waals surface area contributed by atoms with Crippen molar-refractivity contribution in [1.82, 2.24) is 4.98 Å². The molecule has 0 aliphatic carbocycles. The van der Waals surface area contributed by atoms with E-state index in [1.807, 2.05) is 48.5 Å². The highest BCUT2D eigenvalue weighted by atomic mass is 16.1. The van der Waals surface area contributed by atoms with Crippen LogP contribution in [0.3, 0.4) is 0 Å². The van der Waals surface area contributed by atoms with Gasteiger partial charge in [0.25, 0.3) is 5.91 Å². The minimum absolute atomic E-state index is 0.0897. The van der Waals surface area contributed by atoms with E-state index in [-0.39, 0.29) is 11.3 Å². The summed E-state index contributed by atoms with van der Waals surface area (Å²) >= 11 is 0. The number of nitrogens with one attached hydrogen (secondary N) is 1. The minimum atomic E-state index is -0.125. The molecule has 25 heavy (non-hydrogen) atoms. The maximum absolute atomic E-state index is 12.5. The molecule has 0 aliphatic rings. The van der Waals surface area contributed by atoms with Gasteiger partial charge in [-0.1, -0.05) is 63.2 Å². The van der Waals surface area contributed by atoms with Gasteiger partial charge in [-0.25, -0.2) is 0 Å². The van der Waals surface area contributed by atoms with Crippen molar-refractivity contribution < 1.29 is 4.79 Å². The number of carbonyl (C=O) groups is 1. The lowest BCUT2D eigenvalue weighted by Gasteiger charge is -2.18. The summed E-state index contributed by atoms with van der Waals surface area (Å²) in [4.78, 5) is 16.9. The lowest BCUT2D eigenvalue weighted by atomic mass is 9.91. The van der Waals surface area contributed by atoms with E-state index >= 15 is 0 Å². The maximum atomic E-state index is 12.5. The zero-order valence-corrected chi connectivity index (χ0v) is 14.8. The lowest BCUT2D eigenvalue weighted by Crippen LogP contribution is -2.17. The third kappa shape index (κ3) is 4.13. The Balaban J connectivity index is 1.75. The fraction of sp³-hybridized carbons (Fsp3) is 0.182. The second-order valence-electron chi connectivity index (χ2n) is 7.08. The van der Waals surface area contributed by atoms with Crippen LogP contribution in [0.25, 0.3) is 11.1 Å². The van der Waals surface area contributed by atoms with Crippen molar-refractivity contribution >= 4 is 11.6 Å². The predicted molar refractivity (Wildman–Crippen MR) is 103 cm³/mol. The number of nitrogens with zero attached hydrogens (tertiary/aromatic N) is 1. The quantitative estimate of drug-likeness (QED) is 0.708. The number of amides is 1. The summed E-state index contributed by atoms with van der Waals surface area (Å²) in [6.45, 7) is 6.25. The molecular formula is C22H22N2O. The van der Waals surface area contributed by atoms with Gasteiger partial charge in [0.15, 0.2) is 0 Å². The highest BCUT2D eigenvalue weighted by Crippen LogP contribution is 2.23. The zero-order chi connectivity index (χ0) is 17.9. The van der Waals surface area contributed by atoms with Gasteiger partial charge in [0.1, 0.15) is 0 Å². The smallest absolute Gasteiger partial charge is 0.255 e. The van der Waals surface area contributed by atoms with Crippen LogP contribution < -0.4 is 5.32 Å². The molecule has 1 aromatic heterocycles. The molecule has 0 fully saturated rings. The molecule has 1 amide bonds. The molecule has 1 heterocycles. The van der Waals surface area contributed by atoms with Crippen molar-refractivity contribution in [3.05, 3.63) is 84.2 Å². The first-order valence-electron chi connectivity index (χ1n) is 8.37. The molecule has 3 aromatic rings. The Kier molecular flexibility index (Phi) is 4.66. The van der Waals surface area contributed by atoms with Crippen molar-refractivity contribution in [2.24, 2.45) is 0 Å². The zero-order valence-electron chi connectivity index (χ0n) is 14.8. The van der Waals surface area contributed by atoms with E-state index in [0.717, 1.165) is 22.5 Å². The summed E-state index contributed by atoms with van der Waals surface area (Å²) in [5.74, 6) is -0.125. The van der Waals surface area contributed by atoms with Crippen molar-refractivity contribution in [3.8, 4) is 11.1 Å². The molecule has 0 atom stereocenters. The van der Waals surface area contributed by atoms with Crippen molar-refractivity contribution in [1.29, 1.82) is 0 Å². The Morgan fingerprint density at radius 3 is 2.16 bits per heavy atom. The summed E-state index contributed by atoms with van der Waals surface area (Å²) in [5, 5.41) is 2.95. The summed E-state index contributed by atoms with van der Waals surface area (Å²) in [6.07, 6.45) is 1.69. The highest BCUT2D eigenvalue weighted by molar-refractivity contribution is 6.04. The largest absolute Gasteiger partial charge is 0.322 e. The SMILES string of the molecule is CC(C)(C)c1cc(C(=O)Nc2ccc(-c3ccccc3)cc2)ccn1. The van der Waals surface area contributed by atoms with Crippen LogP contribution in [0.5, 0.6) is 0 Å². The normalized spacial score (nSPS) is 11.2. The molecule has 3 heteroatoms. The second kappa shape index (κ2) is 6.89. The molecule has 0 saturated carbocycles. The van der Waals surface area contributed by atoms with Gasteiger partial charge in [0.2, 0.25) is 0 Å². The van der Waals surface area contributed by atoms with Gasteiger partial charge in [0.05, 0.1) is 0 Å². The van der Waals surface area contributed by atoms with Crippen LogP contribution in [0.1, 0.15) is 36.8 Å². The molecule has 0 aliphatic heterocycles. The molecule has 0 unspecified atom stereocenters. The van der Waals surface area contributed by atoms with E-state index in [2.05, 4.69) is 43.2 Å². The minimum Gasteiger partial charge on any atom is -0.322 e. The number of pyridine rings is 1. The molecule has 0 radical (unpaired) electrons. The third-order valence-corrected chi connectivity index (χ3v) is 4.04. The second-order valence-corrected chi connectivity index (χ2v) is 7.08. The number of benzene rings is 2. The van der Waals surface area contributed by atoms with Gasteiger partial charge in [-0.15, -0.1) is 0 Å². The first kappa shape index (κ1) is 16.9. The van der Waals surface area contributed by atoms with Gasteiger partial charge in [-0.05, 0) is 35.4 Å². The average molecular weight is 330 g/mol. The Bertz CT molecular complexity index is 863. The van der Waals surface area contributed by atoms with E-state index in [1.54, 1.807) is 12.3 Å². The van der Waals surface area contributed by atoms with Gasteiger partial charge in [0, 0.05) is 28.6 Å². The maximum Gasteiger partial charge on any atom is 0.255 e. The first-order valence-corrected chi connectivity index (χ1v) is 8.37. The van der Waals surface area contributed by atoms with Gasteiger partial charge in [-0.2, -0.15) is 0 Å². The molecular weight excluding hydrogens is 308 g/mol. The fourth-order valence-electron chi connectivity index (χ4n) is 2.56. The summed E-state index contributed by atoms with van der Waals surface area (Å²) in [6, 6.07) is 21.6. The van der Waals surface area contributed by atoms with Crippen molar-refractivity contribution in [2.75, 3.05) is 5.32 Å². The summed E-state index contributed by atoms with van der Waals surface area (Å²) < 4.78 is 0. The van der Waals surface area contributed by atoms with E-state index in [4.69, 9.17) is 0 Å². The van der Waals surface area contributed by atoms with Crippen LogP contribution in [-0.4, -0.2) is 10.9 Å². The number of carbonyl (C=O) groups excluding carboxylic acids is 1. The van der Waals surface area contributed by atoms with Crippen molar-refractivity contribution in [3.63, 3.8) is 0 Å². The number of anilines is 1. The Morgan fingerprint density at radius 2 is 1.52 bits per heavy atom. The van der Waals surface area contributed by atoms with Gasteiger partial charge < -0.3 is 5.32 Å². The number of rotatable bonds is 3. The van der Waals surface area contributed by atoms with E-state index < -0.39 is 0 Å². The van der Waals surface area contributed by atoms with E-state index in [9.17, 15) is 4.79 Å². The third-order valence-electron chi connectivity index (χ3n) is 4.04. The van der Waals surface area contributed by atoms with Gasteiger partial charge >= 0.3 is 0 Å². The standard InChI is InChI=1S/C22H22N2O/c1-22(2,3)20-15-18(13-14-23-20)21(25)24-19-11-9-17(10-12-19)16-7-5-4-6-8-16/h4-15H,1-3H3,(H,24,25). The van der Waals surface area contributed by atoms with Crippen LogP contribution >= 0.6 is 0 Å². The fourth-order valence-corrected chi connectivity index (χ4v) is 2.56. The highest BCUT2D eigenvalue weighted by Gasteiger charge is 2.17. The molecule has 0 spiro atoms. The molecule has 0 bridgehead atoms. The van der Waals surface area contributed by atoms with Crippen LogP contribution in [-0.2, 0) is 5.41 Å². The number of aromatic nitrogens is 1. The molecule has 3 nitrogen and oxygen atoms in total. The molecule has 126 valence electrons. The molecule has 3 rings (SSSR count). The van der Waals surface area contributed by atoms with Crippen LogP contribution in [0.4, 0.5) is 5.69 Å². The molecule has 1 N–H and O–H groups in total. The Morgan fingerprint density at radius 1 is 0.880 bits per heavy atom. The number of hydrogen-bond acceptors (Lipinski definition) is 2. The average Bonchev–Trinajstić information content (AvgIpc) is 2.62. The summed E-state index contributed by atoms with van der Waals surface area (Å²) in [7, 11) is 0.